The highest BCUT2D eigenvalue weighted by molar-refractivity contribution is 5.94. The molecular formula is C19H21NO2. The first-order valence-electron chi connectivity index (χ1n) is 7.74. The van der Waals surface area contributed by atoms with Gasteiger partial charge in [-0.25, -0.2) is 0 Å². The number of carbonyl (C=O) groups is 1. The number of benzene rings is 2. The molecule has 1 amide bonds. The lowest BCUT2D eigenvalue weighted by atomic mass is 10.1. The van der Waals surface area contributed by atoms with Gasteiger partial charge >= 0.3 is 0 Å². The Morgan fingerprint density at radius 3 is 2.59 bits per heavy atom. The molecule has 0 spiro atoms. The van der Waals surface area contributed by atoms with E-state index in [0.29, 0.717) is 19.7 Å². The normalized spacial score (nSPS) is 18.2. The highest BCUT2D eigenvalue weighted by Gasteiger charge is 2.25. The second kappa shape index (κ2) is 6.75. The summed E-state index contributed by atoms with van der Waals surface area (Å²) in [5.41, 5.74) is 3.17. The first-order valence-corrected chi connectivity index (χ1v) is 7.74. The van der Waals surface area contributed by atoms with Gasteiger partial charge < -0.3 is 9.64 Å². The summed E-state index contributed by atoms with van der Waals surface area (Å²) in [4.78, 5) is 14.5. The van der Waals surface area contributed by atoms with Crippen molar-refractivity contribution >= 4 is 5.91 Å². The molecule has 1 aliphatic heterocycles. The molecular weight excluding hydrogens is 274 g/mol. The number of carbonyl (C=O) groups excluding carboxylic acids is 1. The smallest absolute Gasteiger partial charge is 0.254 e. The molecule has 2 aromatic carbocycles. The molecule has 114 valence electrons. The summed E-state index contributed by atoms with van der Waals surface area (Å²) in [5, 5.41) is 0. The Hall–Kier alpha value is -2.13. The maximum absolute atomic E-state index is 12.6. The van der Waals surface area contributed by atoms with Gasteiger partial charge in [-0.15, -0.1) is 0 Å². The molecule has 3 nitrogen and oxygen atoms in total. The second-order valence-corrected chi connectivity index (χ2v) is 5.80. The molecule has 3 rings (SSSR count). The predicted molar refractivity (Wildman–Crippen MR) is 87.0 cm³/mol. The summed E-state index contributed by atoms with van der Waals surface area (Å²) in [7, 11) is 0. The summed E-state index contributed by atoms with van der Waals surface area (Å²) in [6.45, 7) is 3.95. The van der Waals surface area contributed by atoms with Crippen LogP contribution in [0.3, 0.4) is 0 Å². The molecule has 3 heteroatoms. The van der Waals surface area contributed by atoms with Crippen molar-refractivity contribution in [2.75, 3.05) is 19.7 Å². The molecule has 0 saturated carbocycles. The van der Waals surface area contributed by atoms with Crippen LogP contribution in [0.2, 0.25) is 0 Å². The molecule has 22 heavy (non-hydrogen) atoms. The van der Waals surface area contributed by atoms with E-state index in [9.17, 15) is 4.79 Å². The topological polar surface area (TPSA) is 29.5 Å². The van der Waals surface area contributed by atoms with E-state index in [1.54, 1.807) is 0 Å². The maximum Gasteiger partial charge on any atom is 0.254 e. The van der Waals surface area contributed by atoms with Crippen LogP contribution in [0, 0.1) is 6.92 Å². The molecule has 1 heterocycles. The Bertz CT molecular complexity index is 622. The van der Waals surface area contributed by atoms with Crippen molar-refractivity contribution in [1.29, 1.82) is 0 Å². The van der Waals surface area contributed by atoms with Crippen LogP contribution in [0.1, 0.15) is 21.5 Å². The van der Waals surface area contributed by atoms with Crippen LogP contribution in [-0.2, 0) is 11.2 Å². The third-order valence-electron chi connectivity index (χ3n) is 4.03. The van der Waals surface area contributed by atoms with Gasteiger partial charge in [0.2, 0.25) is 0 Å². The van der Waals surface area contributed by atoms with E-state index in [2.05, 4.69) is 12.1 Å². The first kappa shape index (κ1) is 14.8. The number of morpholine rings is 1. The van der Waals surface area contributed by atoms with Crippen molar-refractivity contribution in [3.05, 3.63) is 71.3 Å². The number of hydrogen-bond acceptors (Lipinski definition) is 2. The first-order chi connectivity index (χ1) is 10.7. The molecule has 1 aliphatic rings. The van der Waals surface area contributed by atoms with Gasteiger partial charge in [0.15, 0.2) is 0 Å². The van der Waals surface area contributed by atoms with Gasteiger partial charge in [0, 0.05) is 25.1 Å². The van der Waals surface area contributed by atoms with E-state index < -0.39 is 0 Å². The molecule has 1 unspecified atom stereocenters. The number of hydrogen-bond donors (Lipinski definition) is 0. The lowest BCUT2D eigenvalue weighted by Gasteiger charge is -2.33. The molecule has 0 N–H and O–H groups in total. The lowest BCUT2D eigenvalue weighted by Crippen LogP contribution is -2.46. The minimum absolute atomic E-state index is 0.0746. The van der Waals surface area contributed by atoms with Crippen molar-refractivity contribution in [3.63, 3.8) is 0 Å². The minimum Gasteiger partial charge on any atom is -0.374 e. The number of rotatable bonds is 3. The number of ether oxygens (including phenoxy) is 1. The van der Waals surface area contributed by atoms with Crippen LogP contribution in [-0.4, -0.2) is 36.6 Å². The molecule has 0 aliphatic carbocycles. The van der Waals surface area contributed by atoms with Gasteiger partial charge in [-0.2, -0.15) is 0 Å². The number of aryl methyl sites for hydroxylation is 1. The zero-order valence-electron chi connectivity index (χ0n) is 12.9. The van der Waals surface area contributed by atoms with Crippen LogP contribution >= 0.6 is 0 Å². The van der Waals surface area contributed by atoms with E-state index in [4.69, 9.17) is 4.74 Å². The molecule has 1 atom stereocenters. The van der Waals surface area contributed by atoms with Gasteiger partial charge in [-0.05, 0) is 24.6 Å². The van der Waals surface area contributed by atoms with Gasteiger partial charge in [0.25, 0.3) is 5.91 Å². The third kappa shape index (κ3) is 3.55. The van der Waals surface area contributed by atoms with Crippen LogP contribution in [0.5, 0.6) is 0 Å². The molecule has 1 saturated heterocycles. The lowest BCUT2D eigenvalue weighted by molar-refractivity contribution is -0.0208. The van der Waals surface area contributed by atoms with Crippen LogP contribution in [0.25, 0.3) is 0 Å². The van der Waals surface area contributed by atoms with Crippen LogP contribution in [0.4, 0.5) is 0 Å². The van der Waals surface area contributed by atoms with E-state index in [1.165, 1.54) is 11.1 Å². The SMILES string of the molecule is Cc1ccc(C(=O)N2CCOC(Cc3ccccc3)C2)cc1. The predicted octanol–water partition coefficient (Wildman–Crippen LogP) is 3.08. The Labute approximate surface area is 131 Å². The third-order valence-corrected chi connectivity index (χ3v) is 4.03. The highest BCUT2D eigenvalue weighted by atomic mass is 16.5. The van der Waals surface area contributed by atoms with Crippen LogP contribution in [0.15, 0.2) is 54.6 Å². The summed E-state index contributed by atoms with van der Waals surface area (Å²) < 4.78 is 5.82. The molecule has 1 fully saturated rings. The average molecular weight is 295 g/mol. The van der Waals surface area contributed by atoms with Crippen molar-refractivity contribution in [2.24, 2.45) is 0 Å². The van der Waals surface area contributed by atoms with Gasteiger partial charge in [-0.1, -0.05) is 48.0 Å². The Morgan fingerprint density at radius 2 is 1.86 bits per heavy atom. The zero-order chi connectivity index (χ0) is 15.4. The Balaban J connectivity index is 1.65. The van der Waals surface area contributed by atoms with Crippen molar-refractivity contribution in [1.82, 2.24) is 4.90 Å². The van der Waals surface area contributed by atoms with Gasteiger partial charge in [0.05, 0.1) is 12.7 Å². The molecule has 0 radical (unpaired) electrons. The standard InChI is InChI=1S/C19H21NO2/c1-15-7-9-17(10-8-15)19(21)20-11-12-22-18(14-20)13-16-5-3-2-4-6-16/h2-10,18H,11-14H2,1H3. The van der Waals surface area contributed by atoms with Crippen molar-refractivity contribution < 1.29 is 9.53 Å². The van der Waals surface area contributed by atoms with Gasteiger partial charge in [-0.3, -0.25) is 4.79 Å². The summed E-state index contributed by atoms with van der Waals surface area (Å²) >= 11 is 0. The monoisotopic (exact) mass is 295 g/mol. The zero-order valence-corrected chi connectivity index (χ0v) is 12.9. The van der Waals surface area contributed by atoms with E-state index in [1.807, 2.05) is 54.3 Å². The summed E-state index contributed by atoms with van der Waals surface area (Å²) in [6.07, 6.45) is 0.920. The van der Waals surface area contributed by atoms with E-state index in [-0.39, 0.29) is 12.0 Å². The molecule has 0 bridgehead atoms. The van der Waals surface area contributed by atoms with Crippen LogP contribution < -0.4 is 0 Å². The maximum atomic E-state index is 12.6. The largest absolute Gasteiger partial charge is 0.374 e. The van der Waals surface area contributed by atoms with Crippen molar-refractivity contribution in [2.45, 2.75) is 19.4 Å². The fourth-order valence-corrected chi connectivity index (χ4v) is 2.78. The quantitative estimate of drug-likeness (QED) is 0.871. The minimum atomic E-state index is 0.0746. The Morgan fingerprint density at radius 1 is 1.14 bits per heavy atom. The molecule has 0 aromatic heterocycles. The van der Waals surface area contributed by atoms with Crippen molar-refractivity contribution in [3.8, 4) is 0 Å². The number of nitrogens with zero attached hydrogens (tertiary/aromatic N) is 1. The van der Waals surface area contributed by atoms with Gasteiger partial charge in [0.1, 0.15) is 0 Å². The second-order valence-electron chi connectivity index (χ2n) is 5.80. The fraction of sp³-hybridized carbons (Fsp3) is 0.316. The van der Waals surface area contributed by atoms with E-state index >= 15 is 0 Å². The summed E-state index contributed by atoms with van der Waals surface area (Å²) in [6, 6.07) is 18.1. The fourth-order valence-electron chi connectivity index (χ4n) is 2.78. The van der Waals surface area contributed by atoms with E-state index in [0.717, 1.165) is 12.0 Å². The average Bonchev–Trinajstić information content (AvgIpc) is 2.56. The molecule has 2 aromatic rings. The summed E-state index contributed by atoms with van der Waals surface area (Å²) in [5.74, 6) is 0.0985. The Kier molecular flexibility index (Phi) is 4.54. The highest BCUT2D eigenvalue weighted by Crippen LogP contribution is 2.15. The number of amides is 1.